The van der Waals surface area contributed by atoms with Crippen molar-refractivity contribution in [3.8, 4) is 0 Å². The van der Waals surface area contributed by atoms with E-state index >= 15 is 0 Å². The van der Waals surface area contributed by atoms with Gasteiger partial charge in [-0.2, -0.15) is 0 Å². The number of H-pyrrole nitrogens is 1. The lowest BCUT2D eigenvalue weighted by Crippen LogP contribution is -1.89. The Morgan fingerprint density at radius 1 is 1.38 bits per heavy atom. The Balaban J connectivity index is 2.82. The van der Waals surface area contributed by atoms with Crippen molar-refractivity contribution >= 4 is 29.0 Å². The topological polar surface area (TPSA) is 97.8 Å². The Labute approximate surface area is 73.7 Å². The van der Waals surface area contributed by atoms with E-state index in [1.165, 1.54) is 0 Å². The van der Waals surface area contributed by atoms with Crippen molar-refractivity contribution in [2.24, 2.45) is 0 Å². The monoisotopic (exact) mass is 176 g/mol. The van der Waals surface area contributed by atoms with Crippen LogP contribution in [0.4, 0.5) is 11.6 Å². The predicted molar refractivity (Wildman–Crippen MR) is 50.3 cm³/mol. The van der Waals surface area contributed by atoms with E-state index in [1.54, 1.807) is 12.1 Å². The number of aromatic nitrogens is 2. The number of rotatable bonds is 1. The van der Waals surface area contributed by atoms with Gasteiger partial charge in [-0.1, -0.05) is 0 Å². The zero-order valence-electron chi connectivity index (χ0n) is 6.74. The number of hydrogen-bond donors (Lipinski definition) is 3. The molecule has 1 aromatic heterocycles. The smallest absolute Gasteiger partial charge is 0.198 e. The van der Waals surface area contributed by atoms with Gasteiger partial charge in [-0.25, -0.2) is 4.98 Å². The van der Waals surface area contributed by atoms with Crippen LogP contribution in [0.1, 0.15) is 10.4 Å². The van der Waals surface area contributed by atoms with E-state index in [2.05, 4.69) is 9.97 Å². The molecule has 0 aliphatic rings. The Morgan fingerprint density at radius 2 is 2.15 bits per heavy atom. The third-order valence-electron chi connectivity index (χ3n) is 1.79. The van der Waals surface area contributed by atoms with Gasteiger partial charge in [0, 0.05) is 5.56 Å². The summed E-state index contributed by atoms with van der Waals surface area (Å²) in [6, 6.07) is 3.22. The van der Waals surface area contributed by atoms with E-state index in [0.29, 0.717) is 28.2 Å². The zero-order valence-corrected chi connectivity index (χ0v) is 6.74. The first-order valence-electron chi connectivity index (χ1n) is 3.70. The van der Waals surface area contributed by atoms with Crippen molar-refractivity contribution < 1.29 is 4.79 Å². The van der Waals surface area contributed by atoms with Gasteiger partial charge in [0.25, 0.3) is 0 Å². The molecule has 66 valence electrons. The molecular weight excluding hydrogens is 168 g/mol. The second-order valence-corrected chi connectivity index (χ2v) is 2.75. The molecule has 0 spiro atoms. The van der Waals surface area contributed by atoms with Crippen molar-refractivity contribution in [2.45, 2.75) is 0 Å². The molecule has 1 heterocycles. The average Bonchev–Trinajstić information content (AvgIpc) is 2.46. The fourth-order valence-corrected chi connectivity index (χ4v) is 1.25. The second-order valence-electron chi connectivity index (χ2n) is 2.75. The van der Waals surface area contributed by atoms with Crippen LogP contribution in [-0.4, -0.2) is 16.3 Å². The van der Waals surface area contributed by atoms with Crippen LogP contribution < -0.4 is 11.5 Å². The maximum absolute atomic E-state index is 10.5. The van der Waals surface area contributed by atoms with Gasteiger partial charge in [0.15, 0.2) is 5.95 Å². The number of nitrogens with zero attached hydrogens (tertiary/aromatic N) is 1. The molecule has 0 aliphatic heterocycles. The minimum Gasteiger partial charge on any atom is -0.397 e. The SMILES string of the molecule is Nc1nc2c(N)cc(C=O)cc2[nH]1. The lowest BCUT2D eigenvalue weighted by Gasteiger charge is -1.95. The van der Waals surface area contributed by atoms with Gasteiger partial charge in [-0.05, 0) is 12.1 Å². The molecule has 2 rings (SSSR count). The van der Waals surface area contributed by atoms with E-state index < -0.39 is 0 Å². The highest BCUT2D eigenvalue weighted by Gasteiger charge is 2.05. The number of benzene rings is 1. The number of carbonyl (C=O) groups is 1. The largest absolute Gasteiger partial charge is 0.397 e. The van der Waals surface area contributed by atoms with E-state index in [-0.39, 0.29) is 0 Å². The molecule has 0 saturated carbocycles. The number of nitrogens with two attached hydrogens (primary N) is 2. The first-order chi connectivity index (χ1) is 6.20. The molecule has 0 bridgehead atoms. The molecule has 0 radical (unpaired) electrons. The Kier molecular flexibility index (Phi) is 1.45. The molecule has 0 atom stereocenters. The number of hydrogen-bond acceptors (Lipinski definition) is 4. The number of fused-ring (bicyclic) bond motifs is 1. The molecule has 0 unspecified atom stereocenters. The summed E-state index contributed by atoms with van der Waals surface area (Å²) in [5, 5.41) is 0. The molecular formula is C8H8N4O. The summed E-state index contributed by atoms with van der Waals surface area (Å²) in [5.74, 6) is 0.296. The number of aromatic amines is 1. The zero-order chi connectivity index (χ0) is 9.42. The summed E-state index contributed by atoms with van der Waals surface area (Å²) in [7, 11) is 0. The molecule has 0 amide bonds. The molecule has 13 heavy (non-hydrogen) atoms. The maximum Gasteiger partial charge on any atom is 0.198 e. The van der Waals surface area contributed by atoms with Crippen LogP contribution in [0.2, 0.25) is 0 Å². The number of aldehydes is 1. The number of nitrogens with one attached hydrogen (secondary N) is 1. The van der Waals surface area contributed by atoms with Crippen LogP contribution in [0, 0.1) is 0 Å². The Morgan fingerprint density at radius 3 is 2.85 bits per heavy atom. The Hall–Kier alpha value is -2.04. The summed E-state index contributed by atoms with van der Waals surface area (Å²) in [5.41, 5.74) is 13.3. The predicted octanol–water partition coefficient (Wildman–Crippen LogP) is 0.540. The first-order valence-corrected chi connectivity index (χ1v) is 3.70. The average molecular weight is 176 g/mol. The van der Waals surface area contributed by atoms with Crippen LogP contribution in [0.5, 0.6) is 0 Å². The number of carbonyl (C=O) groups excluding carboxylic acids is 1. The van der Waals surface area contributed by atoms with Gasteiger partial charge in [0.05, 0.1) is 11.2 Å². The lowest BCUT2D eigenvalue weighted by molar-refractivity contribution is 0.112. The van der Waals surface area contributed by atoms with Crippen molar-refractivity contribution in [3.05, 3.63) is 17.7 Å². The quantitative estimate of drug-likeness (QED) is 0.436. The van der Waals surface area contributed by atoms with Gasteiger partial charge in [0.2, 0.25) is 0 Å². The van der Waals surface area contributed by atoms with Crippen molar-refractivity contribution in [1.82, 2.24) is 9.97 Å². The lowest BCUT2D eigenvalue weighted by atomic mass is 10.2. The minimum atomic E-state index is 0.296. The van der Waals surface area contributed by atoms with E-state index in [0.717, 1.165) is 6.29 Å². The van der Waals surface area contributed by atoms with Gasteiger partial charge in [0.1, 0.15) is 11.8 Å². The van der Waals surface area contributed by atoms with Crippen LogP contribution >= 0.6 is 0 Å². The Bertz CT molecular complexity index is 474. The third-order valence-corrected chi connectivity index (χ3v) is 1.79. The maximum atomic E-state index is 10.5. The van der Waals surface area contributed by atoms with Crippen molar-refractivity contribution in [2.75, 3.05) is 11.5 Å². The highest BCUT2D eigenvalue weighted by Crippen LogP contribution is 2.20. The number of nitrogen functional groups attached to an aromatic ring is 2. The van der Waals surface area contributed by atoms with Gasteiger partial charge in [-0.3, -0.25) is 4.79 Å². The van der Waals surface area contributed by atoms with Gasteiger partial charge in [-0.15, -0.1) is 0 Å². The van der Waals surface area contributed by atoms with Crippen molar-refractivity contribution in [3.63, 3.8) is 0 Å². The summed E-state index contributed by atoms with van der Waals surface area (Å²) < 4.78 is 0. The standard InChI is InChI=1S/C8H8N4O/c9-5-1-4(3-13)2-6-7(5)12-8(10)11-6/h1-3H,9H2,(H3,10,11,12). The normalized spacial score (nSPS) is 10.5. The van der Waals surface area contributed by atoms with E-state index in [1.807, 2.05) is 0 Å². The van der Waals surface area contributed by atoms with Crippen LogP contribution in [-0.2, 0) is 0 Å². The summed E-state index contributed by atoms with van der Waals surface area (Å²) in [6.07, 6.45) is 0.729. The van der Waals surface area contributed by atoms with Gasteiger partial charge >= 0.3 is 0 Å². The van der Waals surface area contributed by atoms with Crippen LogP contribution in [0.15, 0.2) is 12.1 Å². The van der Waals surface area contributed by atoms with Crippen molar-refractivity contribution in [1.29, 1.82) is 0 Å². The molecule has 0 saturated heterocycles. The molecule has 1 aromatic carbocycles. The molecule has 5 nitrogen and oxygen atoms in total. The molecule has 0 fully saturated rings. The third kappa shape index (κ3) is 1.10. The summed E-state index contributed by atoms with van der Waals surface area (Å²) in [4.78, 5) is 17.3. The number of anilines is 2. The molecule has 5 heteroatoms. The molecule has 5 N–H and O–H groups in total. The highest BCUT2D eigenvalue weighted by molar-refractivity contribution is 5.93. The fourth-order valence-electron chi connectivity index (χ4n) is 1.25. The first kappa shape index (κ1) is 7.60. The summed E-state index contributed by atoms with van der Waals surface area (Å²) >= 11 is 0. The van der Waals surface area contributed by atoms with Crippen LogP contribution in [0.3, 0.4) is 0 Å². The summed E-state index contributed by atoms with van der Waals surface area (Å²) in [6.45, 7) is 0. The van der Waals surface area contributed by atoms with Gasteiger partial charge < -0.3 is 16.5 Å². The highest BCUT2D eigenvalue weighted by atomic mass is 16.1. The van der Waals surface area contributed by atoms with E-state index in [9.17, 15) is 4.79 Å². The minimum absolute atomic E-state index is 0.296. The molecule has 2 aromatic rings. The van der Waals surface area contributed by atoms with Crippen LogP contribution in [0.25, 0.3) is 11.0 Å². The number of imidazole rings is 1. The molecule has 0 aliphatic carbocycles. The van der Waals surface area contributed by atoms with E-state index in [4.69, 9.17) is 11.5 Å². The second kappa shape index (κ2) is 2.48. The fraction of sp³-hybridized carbons (Fsp3) is 0.